The molecule has 0 saturated heterocycles. The van der Waals surface area contributed by atoms with E-state index in [1.807, 2.05) is 23.5 Å². The van der Waals surface area contributed by atoms with E-state index >= 15 is 0 Å². The van der Waals surface area contributed by atoms with Crippen molar-refractivity contribution in [3.05, 3.63) is 153 Å². The molecule has 48 heavy (non-hydrogen) atoms. The Hall–Kier alpha value is -5.52. The lowest BCUT2D eigenvalue weighted by molar-refractivity contribution is 0.509. The largest absolute Gasteiger partial charge is 0.456 e. The standard InChI is InChI=1S/C43H31N3OS/c1-2-10-26(11-3-1)34-25-30(22-27-12-4-5-13-31(27)34)43-45-41(28-18-20-38-35(23-28)32-14-6-8-16-37(32)47-38)44-42(46-43)29-19-21-40-36(24-29)33-15-7-9-17-39(33)48-40/h1-6,8-14,16-23,25,29,42H,7,15,24H2,(H,44,45,46). The number of rotatable bonds is 4. The van der Waals surface area contributed by atoms with Gasteiger partial charge in [-0.3, -0.25) is 0 Å². The summed E-state index contributed by atoms with van der Waals surface area (Å²) in [6, 6.07) is 38.4. The van der Waals surface area contributed by atoms with Gasteiger partial charge in [0.15, 0.2) is 6.17 Å². The van der Waals surface area contributed by atoms with Gasteiger partial charge in [-0.05, 0) is 101 Å². The molecular weight excluding hydrogens is 607 g/mol. The molecule has 7 aromatic rings. The molecule has 5 heteroatoms. The van der Waals surface area contributed by atoms with Crippen LogP contribution in [0.1, 0.15) is 38.4 Å². The van der Waals surface area contributed by atoms with Crippen molar-refractivity contribution in [3.63, 3.8) is 0 Å². The lowest BCUT2D eigenvalue weighted by Crippen LogP contribution is -2.39. The van der Waals surface area contributed by atoms with Crippen molar-refractivity contribution >= 4 is 67.9 Å². The summed E-state index contributed by atoms with van der Waals surface area (Å²) < 4.78 is 6.17. The summed E-state index contributed by atoms with van der Waals surface area (Å²) >= 11 is 1.92. The average Bonchev–Trinajstić information content (AvgIpc) is 3.72. The monoisotopic (exact) mass is 637 g/mol. The summed E-state index contributed by atoms with van der Waals surface area (Å²) in [5, 5.41) is 8.32. The number of amidine groups is 2. The maximum atomic E-state index is 6.17. The highest BCUT2D eigenvalue weighted by Gasteiger charge is 2.30. The first-order chi connectivity index (χ1) is 23.7. The van der Waals surface area contributed by atoms with Crippen LogP contribution >= 0.6 is 11.3 Å². The molecule has 4 nitrogen and oxygen atoms in total. The molecule has 2 aliphatic carbocycles. The molecule has 10 rings (SSSR count). The number of benzene rings is 5. The predicted molar refractivity (Wildman–Crippen MR) is 201 cm³/mol. The Bertz CT molecular complexity index is 2530. The van der Waals surface area contributed by atoms with Crippen molar-refractivity contribution in [2.75, 3.05) is 0 Å². The van der Waals surface area contributed by atoms with Gasteiger partial charge in [0.2, 0.25) is 0 Å². The number of nitrogens with one attached hydrogen (secondary N) is 1. The molecule has 3 aliphatic rings. The highest BCUT2D eigenvalue weighted by Crippen LogP contribution is 2.40. The molecule has 2 unspecified atom stereocenters. The number of hydrogen-bond acceptors (Lipinski definition) is 5. The zero-order chi connectivity index (χ0) is 31.6. The van der Waals surface area contributed by atoms with Crippen molar-refractivity contribution in [2.45, 2.75) is 25.4 Å². The molecule has 230 valence electrons. The number of thiophene rings is 1. The van der Waals surface area contributed by atoms with Gasteiger partial charge in [-0.15, -0.1) is 11.3 Å². The number of aliphatic imine (C=N–C) groups is 2. The minimum atomic E-state index is -0.265. The number of hydrogen-bond donors (Lipinski definition) is 1. The first-order valence-electron chi connectivity index (χ1n) is 16.7. The van der Waals surface area contributed by atoms with E-state index in [2.05, 4.69) is 127 Å². The number of nitrogens with zero attached hydrogens (tertiary/aromatic N) is 2. The average molecular weight is 638 g/mol. The summed E-state index contributed by atoms with van der Waals surface area (Å²) in [7, 11) is 0. The Kier molecular flexibility index (Phi) is 6.34. The second-order valence-electron chi connectivity index (χ2n) is 12.9. The van der Waals surface area contributed by atoms with E-state index in [9.17, 15) is 0 Å². The summed E-state index contributed by atoms with van der Waals surface area (Å²) in [5.74, 6) is 1.84. The van der Waals surface area contributed by atoms with Gasteiger partial charge < -0.3 is 9.73 Å². The van der Waals surface area contributed by atoms with Crippen LogP contribution in [0.3, 0.4) is 0 Å². The zero-order valence-corrected chi connectivity index (χ0v) is 27.0. The molecule has 0 saturated carbocycles. The molecule has 3 heterocycles. The van der Waals surface area contributed by atoms with E-state index in [0.717, 1.165) is 64.0 Å². The quantitative estimate of drug-likeness (QED) is 0.209. The molecule has 0 fully saturated rings. The first kappa shape index (κ1) is 27.6. The molecule has 2 atom stereocenters. The van der Waals surface area contributed by atoms with Gasteiger partial charge in [0.25, 0.3) is 0 Å². The first-order valence-corrected chi connectivity index (χ1v) is 17.5. The molecule has 0 bridgehead atoms. The Morgan fingerprint density at radius 1 is 0.646 bits per heavy atom. The maximum Gasteiger partial charge on any atom is 0.150 e. The summed E-state index contributed by atoms with van der Waals surface area (Å²) in [5.41, 5.74) is 9.24. The van der Waals surface area contributed by atoms with Crippen LogP contribution in [0.4, 0.5) is 0 Å². The molecule has 1 aliphatic heterocycles. The van der Waals surface area contributed by atoms with E-state index in [1.54, 1.807) is 0 Å². The van der Waals surface area contributed by atoms with Crippen LogP contribution in [0.5, 0.6) is 0 Å². The topological polar surface area (TPSA) is 49.9 Å². The molecule has 2 aromatic heterocycles. The number of furan rings is 1. The van der Waals surface area contributed by atoms with Crippen LogP contribution < -0.4 is 5.32 Å². The number of para-hydroxylation sites is 1. The summed E-state index contributed by atoms with van der Waals surface area (Å²) in [6.45, 7) is 0. The van der Waals surface area contributed by atoms with E-state index in [0.29, 0.717) is 0 Å². The van der Waals surface area contributed by atoms with E-state index < -0.39 is 0 Å². The van der Waals surface area contributed by atoms with Gasteiger partial charge in [-0.25, -0.2) is 9.98 Å². The highest BCUT2D eigenvalue weighted by atomic mass is 32.1. The molecule has 0 radical (unpaired) electrons. The third-order valence-corrected chi connectivity index (χ3v) is 11.2. The van der Waals surface area contributed by atoms with E-state index in [1.165, 1.54) is 42.8 Å². The maximum absolute atomic E-state index is 6.17. The van der Waals surface area contributed by atoms with Crippen molar-refractivity contribution < 1.29 is 4.42 Å². The Balaban J connectivity index is 1.11. The van der Waals surface area contributed by atoms with Crippen LogP contribution in [0.2, 0.25) is 0 Å². The fourth-order valence-electron chi connectivity index (χ4n) is 7.58. The number of fused-ring (bicyclic) bond motifs is 7. The van der Waals surface area contributed by atoms with Crippen LogP contribution in [-0.2, 0) is 12.8 Å². The van der Waals surface area contributed by atoms with Gasteiger partial charge >= 0.3 is 0 Å². The van der Waals surface area contributed by atoms with Crippen LogP contribution in [0.25, 0.3) is 56.0 Å². The predicted octanol–water partition coefficient (Wildman–Crippen LogP) is 10.4. The minimum absolute atomic E-state index is 0.154. The van der Waals surface area contributed by atoms with Crippen molar-refractivity contribution in [3.8, 4) is 11.1 Å². The van der Waals surface area contributed by atoms with Gasteiger partial charge in [-0.2, -0.15) is 0 Å². The molecule has 0 spiro atoms. The van der Waals surface area contributed by atoms with E-state index in [4.69, 9.17) is 14.4 Å². The van der Waals surface area contributed by atoms with Gasteiger partial charge in [-0.1, -0.05) is 84.9 Å². The van der Waals surface area contributed by atoms with Crippen molar-refractivity contribution in [1.29, 1.82) is 0 Å². The molecular formula is C43H31N3OS. The molecule has 1 N–H and O–H groups in total. The number of allylic oxidation sites excluding steroid dienone is 1. The molecule has 5 aromatic carbocycles. The highest BCUT2D eigenvalue weighted by molar-refractivity contribution is 7.14. The smallest absolute Gasteiger partial charge is 0.150 e. The van der Waals surface area contributed by atoms with Crippen LogP contribution in [0, 0.1) is 5.92 Å². The van der Waals surface area contributed by atoms with E-state index in [-0.39, 0.29) is 12.1 Å². The fourth-order valence-corrected chi connectivity index (χ4v) is 8.80. The van der Waals surface area contributed by atoms with Gasteiger partial charge in [0.05, 0.1) is 0 Å². The summed E-state index contributed by atoms with van der Waals surface area (Å²) in [4.78, 5) is 13.6. The third-order valence-electron chi connectivity index (χ3n) is 9.96. The lowest BCUT2D eigenvalue weighted by Gasteiger charge is -2.28. The molecule has 0 amide bonds. The van der Waals surface area contributed by atoms with Crippen molar-refractivity contribution in [2.24, 2.45) is 15.9 Å². The second kappa shape index (κ2) is 11.0. The van der Waals surface area contributed by atoms with Crippen LogP contribution in [-0.4, -0.2) is 17.8 Å². The Labute approximate surface area is 282 Å². The zero-order valence-electron chi connectivity index (χ0n) is 26.2. The van der Waals surface area contributed by atoms with Crippen molar-refractivity contribution in [1.82, 2.24) is 5.32 Å². The summed E-state index contributed by atoms with van der Waals surface area (Å²) in [6.07, 6.45) is 12.2. The van der Waals surface area contributed by atoms with Gasteiger partial charge in [0.1, 0.15) is 22.8 Å². The fraction of sp³-hybridized carbons (Fsp3) is 0.116. The normalized spacial score (nSPS) is 18.4. The second-order valence-corrected chi connectivity index (χ2v) is 14.0. The third kappa shape index (κ3) is 4.57. The van der Waals surface area contributed by atoms with Gasteiger partial charge in [0, 0.05) is 37.6 Å². The Morgan fingerprint density at radius 2 is 1.42 bits per heavy atom. The Morgan fingerprint density at radius 3 is 2.33 bits per heavy atom. The van der Waals surface area contributed by atoms with Crippen LogP contribution in [0.15, 0.2) is 136 Å². The SMILES string of the molecule is C1=Cc2sc3c(c2CC1)CC(C1N=C(c2cc(-c4ccccc4)c4ccccc4c2)NC(c2ccc4oc5ccccc5c4c2)=N1)C=C3. The lowest BCUT2D eigenvalue weighted by atomic mass is 9.87. The minimum Gasteiger partial charge on any atom is -0.456 e.